The van der Waals surface area contributed by atoms with E-state index in [0.29, 0.717) is 32.8 Å². The Morgan fingerprint density at radius 3 is 2.22 bits per heavy atom. The van der Waals surface area contributed by atoms with Gasteiger partial charge in [-0.15, -0.1) is 0 Å². The maximum Gasteiger partial charge on any atom is 0.270 e. The van der Waals surface area contributed by atoms with Crippen molar-refractivity contribution in [3.63, 3.8) is 0 Å². The summed E-state index contributed by atoms with van der Waals surface area (Å²) in [5, 5.41) is 11.8. The van der Waals surface area contributed by atoms with Crippen LogP contribution in [0.5, 0.6) is 11.5 Å². The van der Waals surface area contributed by atoms with Gasteiger partial charge in [0.05, 0.1) is 22.1 Å². The first kappa shape index (κ1) is 22.3. The highest BCUT2D eigenvalue weighted by Gasteiger charge is 2.57. The van der Waals surface area contributed by atoms with E-state index in [1.165, 1.54) is 17.0 Å². The molecule has 0 bridgehead atoms. The Morgan fingerprint density at radius 1 is 0.806 bits per heavy atom. The highest BCUT2D eigenvalue weighted by molar-refractivity contribution is 6.35. The number of β-lactam (4-membered cyclic amide) rings is 1. The fraction of sp³-hybridized carbons (Fsp3) is 0.125. The van der Waals surface area contributed by atoms with Crippen LogP contribution in [0.15, 0.2) is 54.6 Å². The van der Waals surface area contributed by atoms with Crippen molar-refractivity contribution in [3.05, 3.63) is 91.4 Å². The van der Waals surface area contributed by atoms with Gasteiger partial charge in [-0.3, -0.25) is 29.4 Å². The van der Waals surface area contributed by atoms with Gasteiger partial charge in [0.1, 0.15) is 6.04 Å². The first-order valence-electron chi connectivity index (χ1n) is 10.6. The normalized spacial score (nSPS) is 20.0. The van der Waals surface area contributed by atoms with Crippen LogP contribution >= 0.6 is 23.2 Å². The first-order valence-corrected chi connectivity index (χ1v) is 11.4. The van der Waals surface area contributed by atoms with Crippen LogP contribution in [0.2, 0.25) is 10.0 Å². The predicted octanol–water partition coefficient (Wildman–Crippen LogP) is 4.38. The number of nitro benzene ring substituents is 1. The molecule has 3 aromatic carbocycles. The number of non-ortho nitro benzene ring substituents is 1. The minimum Gasteiger partial charge on any atom is -0.454 e. The Hall–Kier alpha value is -4.15. The Kier molecular flexibility index (Phi) is 4.92. The molecule has 36 heavy (non-hydrogen) atoms. The fourth-order valence-corrected chi connectivity index (χ4v) is 5.25. The molecular formula is C24H13Cl2N3O7. The lowest BCUT2D eigenvalue weighted by molar-refractivity contribution is -0.384. The van der Waals surface area contributed by atoms with Crippen molar-refractivity contribution < 1.29 is 28.8 Å². The zero-order valence-electron chi connectivity index (χ0n) is 18.0. The number of halogens is 2. The number of carbonyl (C=O) groups excluding carboxylic acids is 3. The van der Waals surface area contributed by atoms with Crippen molar-refractivity contribution in [2.24, 2.45) is 0 Å². The SMILES string of the molecule is O=C1c2ccc([N+](=O)[O-])cc2C(=O)N1[C@H]1C(=O)N(c2cc(Cl)cc(Cl)c2)[C@@H]1c1ccc2c(c1)OCO2. The summed E-state index contributed by atoms with van der Waals surface area (Å²) >= 11 is 12.3. The van der Waals surface area contributed by atoms with Crippen LogP contribution in [0.4, 0.5) is 11.4 Å². The van der Waals surface area contributed by atoms with Gasteiger partial charge in [-0.2, -0.15) is 0 Å². The summed E-state index contributed by atoms with van der Waals surface area (Å²) in [5.41, 5.74) is 0.480. The highest BCUT2D eigenvalue weighted by atomic mass is 35.5. The molecule has 3 heterocycles. The molecule has 2 atom stereocenters. The minimum absolute atomic E-state index is 0.00733. The molecule has 0 aliphatic carbocycles. The molecule has 3 aliphatic rings. The second kappa shape index (κ2) is 7.94. The molecular weight excluding hydrogens is 513 g/mol. The third-order valence-corrected chi connectivity index (χ3v) is 6.76. The third kappa shape index (κ3) is 3.22. The summed E-state index contributed by atoms with van der Waals surface area (Å²) in [6.45, 7) is 0.0383. The maximum absolute atomic E-state index is 13.5. The monoisotopic (exact) mass is 525 g/mol. The number of hydrogen-bond acceptors (Lipinski definition) is 7. The lowest BCUT2D eigenvalue weighted by Gasteiger charge is -2.49. The average molecular weight is 526 g/mol. The Balaban J connectivity index is 1.45. The minimum atomic E-state index is -1.21. The van der Waals surface area contributed by atoms with Crippen LogP contribution in [-0.2, 0) is 4.79 Å². The van der Waals surface area contributed by atoms with E-state index in [-0.39, 0.29) is 23.6 Å². The van der Waals surface area contributed by atoms with Crippen LogP contribution < -0.4 is 14.4 Å². The number of nitrogens with zero attached hydrogens (tertiary/aromatic N) is 3. The number of rotatable bonds is 4. The Morgan fingerprint density at radius 2 is 1.50 bits per heavy atom. The number of amides is 3. The molecule has 0 radical (unpaired) electrons. The van der Waals surface area contributed by atoms with Crippen molar-refractivity contribution in [1.29, 1.82) is 0 Å². The second-order valence-corrected chi connectivity index (χ2v) is 9.18. The van der Waals surface area contributed by atoms with E-state index in [0.717, 1.165) is 17.0 Å². The van der Waals surface area contributed by atoms with E-state index in [1.54, 1.807) is 30.3 Å². The summed E-state index contributed by atoms with van der Waals surface area (Å²) in [6.07, 6.45) is 0. The molecule has 0 unspecified atom stereocenters. The van der Waals surface area contributed by atoms with Crippen LogP contribution in [-0.4, -0.2) is 40.4 Å². The van der Waals surface area contributed by atoms with Crippen LogP contribution in [0.25, 0.3) is 0 Å². The number of nitro groups is 1. The van der Waals surface area contributed by atoms with Crippen LogP contribution in [0.3, 0.4) is 0 Å². The second-order valence-electron chi connectivity index (χ2n) is 8.31. The topological polar surface area (TPSA) is 119 Å². The summed E-state index contributed by atoms with van der Waals surface area (Å²) in [4.78, 5) is 52.9. The van der Waals surface area contributed by atoms with Gasteiger partial charge in [-0.25, -0.2) is 0 Å². The molecule has 12 heteroatoms. The Bertz CT molecular complexity index is 1510. The maximum atomic E-state index is 13.5. The summed E-state index contributed by atoms with van der Waals surface area (Å²) < 4.78 is 10.8. The smallest absolute Gasteiger partial charge is 0.270 e. The molecule has 1 fully saturated rings. The quantitative estimate of drug-likeness (QED) is 0.214. The molecule has 0 saturated carbocycles. The zero-order valence-corrected chi connectivity index (χ0v) is 19.5. The summed E-state index contributed by atoms with van der Waals surface area (Å²) in [7, 11) is 0. The number of imide groups is 1. The van der Waals surface area contributed by atoms with Gasteiger partial charge in [0.15, 0.2) is 11.5 Å². The van der Waals surface area contributed by atoms with Gasteiger partial charge >= 0.3 is 0 Å². The molecule has 0 spiro atoms. The average Bonchev–Trinajstić information content (AvgIpc) is 3.39. The number of fused-ring (bicyclic) bond motifs is 2. The van der Waals surface area contributed by atoms with E-state index in [9.17, 15) is 24.5 Å². The number of anilines is 1. The van der Waals surface area contributed by atoms with Gasteiger partial charge < -0.3 is 14.4 Å². The Labute approximate surface area is 212 Å². The van der Waals surface area contributed by atoms with Crippen molar-refractivity contribution in [3.8, 4) is 11.5 Å². The number of hydrogen-bond donors (Lipinski definition) is 0. The van der Waals surface area contributed by atoms with Crippen molar-refractivity contribution in [2.45, 2.75) is 12.1 Å². The molecule has 0 N–H and O–H groups in total. The molecule has 180 valence electrons. The first-order chi connectivity index (χ1) is 17.2. The molecule has 6 rings (SSSR count). The largest absolute Gasteiger partial charge is 0.454 e. The lowest BCUT2D eigenvalue weighted by atomic mass is 9.86. The summed E-state index contributed by atoms with van der Waals surface area (Å²) in [6, 6.07) is 11.1. The lowest BCUT2D eigenvalue weighted by Crippen LogP contribution is -2.67. The van der Waals surface area contributed by atoms with Gasteiger partial charge in [-0.1, -0.05) is 29.3 Å². The zero-order chi connectivity index (χ0) is 25.3. The van der Waals surface area contributed by atoms with E-state index in [2.05, 4.69) is 0 Å². The van der Waals surface area contributed by atoms with Crippen LogP contribution in [0, 0.1) is 10.1 Å². The number of ether oxygens (including phenoxy) is 2. The highest BCUT2D eigenvalue weighted by Crippen LogP contribution is 2.47. The summed E-state index contributed by atoms with van der Waals surface area (Å²) in [5.74, 6) is -1.07. The van der Waals surface area contributed by atoms with Gasteiger partial charge in [0.2, 0.25) is 6.79 Å². The predicted molar refractivity (Wildman–Crippen MR) is 127 cm³/mol. The molecule has 1 saturated heterocycles. The van der Waals surface area contributed by atoms with E-state index >= 15 is 0 Å². The van der Waals surface area contributed by atoms with Crippen molar-refractivity contribution >= 4 is 52.3 Å². The van der Waals surface area contributed by atoms with Crippen molar-refractivity contribution in [1.82, 2.24) is 4.90 Å². The number of carbonyl (C=O) groups is 3. The molecule has 3 aromatic rings. The molecule has 10 nitrogen and oxygen atoms in total. The molecule has 3 amide bonds. The third-order valence-electron chi connectivity index (χ3n) is 6.32. The van der Waals surface area contributed by atoms with E-state index < -0.39 is 34.7 Å². The standard InChI is InChI=1S/C24H13Cl2N3O7/c25-12-6-13(26)8-15(7-12)27-20(11-1-4-18-19(5-11)36-10-35-18)21(24(27)32)28-22(30)16-3-2-14(29(33)34)9-17(16)23(28)31/h1-9,20-21H,10H2/t20-,21-/m1/s1. The van der Waals surface area contributed by atoms with E-state index in [4.69, 9.17) is 32.7 Å². The van der Waals surface area contributed by atoms with Crippen molar-refractivity contribution in [2.75, 3.05) is 11.7 Å². The molecule has 3 aliphatic heterocycles. The number of benzene rings is 3. The van der Waals surface area contributed by atoms with Gasteiger partial charge in [0.25, 0.3) is 23.4 Å². The van der Waals surface area contributed by atoms with E-state index in [1.807, 2.05) is 0 Å². The van der Waals surface area contributed by atoms with Gasteiger partial charge in [-0.05, 0) is 42.0 Å². The van der Waals surface area contributed by atoms with Crippen LogP contribution in [0.1, 0.15) is 32.3 Å². The van der Waals surface area contributed by atoms with Gasteiger partial charge in [0, 0.05) is 27.9 Å². The fourth-order valence-electron chi connectivity index (χ4n) is 4.73. The molecule has 0 aromatic heterocycles.